The second-order valence-electron chi connectivity index (χ2n) is 5.35. The predicted molar refractivity (Wildman–Crippen MR) is 81.1 cm³/mol. The van der Waals surface area contributed by atoms with E-state index in [4.69, 9.17) is 0 Å². The molecule has 0 saturated heterocycles. The van der Waals surface area contributed by atoms with Crippen LogP contribution in [0.5, 0.6) is 0 Å². The SMILES string of the molecule is Cc1cc(F)cc(NC(C(=O)O)c2cc(C)cc(C)c2)c1. The van der Waals surface area contributed by atoms with E-state index in [0.29, 0.717) is 11.3 Å². The van der Waals surface area contributed by atoms with E-state index >= 15 is 0 Å². The van der Waals surface area contributed by atoms with Gasteiger partial charge in [-0.25, -0.2) is 9.18 Å². The Labute approximate surface area is 123 Å². The number of rotatable bonds is 4. The fourth-order valence-corrected chi connectivity index (χ4v) is 2.45. The van der Waals surface area contributed by atoms with Crippen LogP contribution in [-0.4, -0.2) is 11.1 Å². The molecule has 0 bridgehead atoms. The maximum Gasteiger partial charge on any atom is 0.330 e. The van der Waals surface area contributed by atoms with Gasteiger partial charge in [-0.05, 0) is 50.1 Å². The van der Waals surface area contributed by atoms with Crippen LogP contribution in [0, 0.1) is 26.6 Å². The van der Waals surface area contributed by atoms with Crippen LogP contribution in [0.15, 0.2) is 36.4 Å². The summed E-state index contributed by atoms with van der Waals surface area (Å²) in [5.74, 6) is -1.39. The summed E-state index contributed by atoms with van der Waals surface area (Å²) < 4.78 is 13.4. The molecule has 0 amide bonds. The van der Waals surface area contributed by atoms with Gasteiger partial charge >= 0.3 is 5.97 Å². The Bertz CT molecular complexity index is 642. The van der Waals surface area contributed by atoms with Gasteiger partial charge in [0.2, 0.25) is 0 Å². The largest absolute Gasteiger partial charge is 0.479 e. The number of carboxylic acid groups (broad SMARTS) is 1. The highest BCUT2D eigenvalue weighted by atomic mass is 19.1. The highest BCUT2D eigenvalue weighted by Crippen LogP contribution is 2.23. The van der Waals surface area contributed by atoms with E-state index in [-0.39, 0.29) is 5.82 Å². The maximum absolute atomic E-state index is 13.4. The molecule has 0 heterocycles. The Morgan fingerprint density at radius 3 is 2.10 bits per heavy atom. The smallest absolute Gasteiger partial charge is 0.330 e. The Morgan fingerprint density at radius 1 is 1.00 bits per heavy atom. The molecule has 4 heteroatoms. The lowest BCUT2D eigenvalue weighted by molar-refractivity contribution is -0.138. The van der Waals surface area contributed by atoms with E-state index in [1.54, 1.807) is 13.0 Å². The summed E-state index contributed by atoms with van der Waals surface area (Å²) in [5, 5.41) is 12.3. The highest BCUT2D eigenvalue weighted by Gasteiger charge is 2.20. The van der Waals surface area contributed by atoms with Gasteiger partial charge in [0, 0.05) is 5.69 Å². The molecule has 2 aromatic carbocycles. The summed E-state index contributed by atoms with van der Waals surface area (Å²) in [6, 6.07) is 9.14. The molecule has 0 fully saturated rings. The van der Waals surface area contributed by atoms with Crippen molar-refractivity contribution in [3.63, 3.8) is 0 Å². The van der Waals surface area contributed by atoms with Crippen molar-refractivity contribution in [2.45, 2.75) is 26.8 Å². The average molecular weight is 287 g/mol. The van der Waals surface area contributed by atoms with E-state index in [1.807, 2.05) is 32.0 Å². The summed E-state index contributed by atoms with van der Waals surface area (Å²) in [6.45, 7) is 5.60. The summed E-state index contributed by atoms with van der Waals surface area (Å²) in [7, 11) is 0. The molecule has 2 rings (SSSR count). The van der Waals surface area contributed by atoms with Crippen molar-refractivity contribution >= 4 is 11.7 Å². The van der Waals surface area contributed by atoms with Gasteiger partial charge in [-0.2, -0.15) is 0 Å². The lowest BCUT2D eigenvalue weighted by Crippen LogP contribution is -2.21. The van der Waals surface area contributed by atoms with Gasteiger partial charge in [0.15, 0.2) is 6.04 Å². The van der Waals surface area contributed by atoms with Gasteiger partial charge in [0.25, 0.3) is 0 Å². The zero-order chi connectivity index (χ0) is 15.6. The van der Waals surface area contributed by atoms with Crippen LogP contribution in [0.2, 0.25) is 0 Å². The molecule has 21 heavy (non-hydrogen) atoms. The monoisotopic (exact) mass is 287 g/mol. The number of benzene rings is 2. The molecular formula is C17H18FNO2. The van der Waals surface area contributed by atoms with E-state index < -0.39 is 12.0 Å². The standard InChI is InChI=1S/C17H18FNO2/c1-10-4-11(2)6-13(5-10)16(17(20)21)19-15-8-12(3)7-14(18)9-15/h4-9,16,19H,1-3H3,(H,20,21). The summed E-state index contributed by atoms with van der Waals surface area (Å²) in [6.07, 6.45) is 0. The van der Waals surface area contributed by atoms with Crippen LogP contribution in [0.4, 0.5) is 10.1 Å². The topological polar surface area (TPSA) is 49.3 Å². The summed E-state index contributed by atoms with van der Waals surface area (Å²) >= 11 is 0. The number of carboxylic acids is 1. The van der Waals surface area contributed by atoms with Crippen molar-refractivity contribution in [3.05, 3.63) is 64.5 Å². The predicted octanol–water partition coefficient (Wildman–Crippen LogP) is 3.99. The molecule has 0 saturated carbocycles. The third kappa shape index (κ3) is 3.81. The third-order valence-corrected chi connectivity index (χ3v) is 3.18. The Balaban J connectivity index is 2.37. The van der Waals surface area contributed by atoms with Crippen molar-refractivity contribution in [1.82, 2.24) is 0 Å². The van der Waals surface area contributed by atoms with E-state index in [1.165, 1.54) is 12.1 Å². The highest BCUT2D eigenvalue weighted by molar-refractivity contribution is 5.79. The maximum atomic E-state index is 13.4. The minimum absolute atomic E-state index is 0.387. The molecule has 0 spiro atoms. The van der Waals surface area contributed by atoms with Crippen LogP contribution in [0.25, 0.3) is 0 Å². The van der Waals surface area contributed by atoms with Gasteiger partial charge in [0.1, 0.15) is 5.82 Å². The number of nitrogens with one attached hydrogen (secondary N) is 1. The first kappa shape index (κ1) is 15.0. The van der Waals surface area contributed by atoms with Crippen LogP contribution in [-0.2, 0) is 4.79 Å². The quantitative estimate of drug-likeness (QED) is 0.894. The lowest BCUT2D eigenvalue weighted by Gasteiger charge is -2.18. The molecular weight excluding hydrogens is 269 g/mol. The van der Waals surface area contributed by atoms with Crippen LogP contribution >= 0.6 is 0 Å². The molecule has 2 N–H and O–H groups in total. The van der Waals surface area contributed by atoms with Crippen LogP contribution in [0.3, 0.4) is 0 Å². The molecule has 1 unspecified atom stereocenters. The zero-order valence-corrected chi connectivity index (χ0v) is 12.3. The molecule has 2 aromatic rings. The first-order valence-corrected chi connectivity index (χ1v) is 6.70. The number of hydrogen-bond acceptors (Lipinski definition) is 2. The summed E-state index contributed by atoms with van der Waals surface area (Å²) in [5.41, 5.74) is 3.84. The minimum Gasteiger partial charge on any atom is -0.479 e. The molecule has 0 aromatic heterocycles. The molecule has 3 nitrogen and oxygen atoms in total. The second-order valence-corrected chi connectivity index (χ2v) is 5.35. The second kappa shape index (κ2) is 5.95. The van der Waals surface area contributed by atoms with Gasteiger partial charge in [-0.3, -0.25) is 0 Å². The molecule has 110 valence electrons. The van der Waals surface area contributed by atoms with Gasteiger partial charge in [-0.15, -0.1) is 0 Å². The number of anilines is 1. The van der Waals surface area contributed by atoms with E-state index in [2.05, 4.69) is 5.32 Å². The third-order valence-electron chi connectivity index (χ3n) is 3.18. The van der Waals surface area contributed by atoms with Crippen LogP contribution < -0.4 is 5.32 Å². The molecule has 0 aliphatic heterocycles. The fourth-order valence-electron chi connectivity index (χ4n) is 2.45. The van der Waals surface area contributed by atoms with Gasteiger partial charge in [0.05, 0.1) is 0 Å². The van der Waals surface area contributed by atoms with Crippen molar-refractivity contribution in [1.29, 1.82) is 0 Å². The van der Waals surface area contributed by atoms with E-state index in [9.17, 15) is 14.3 Å². The molecule has 0 aliphatic carbocycles. The number of halogens is 1. The minimum atomic E-state index is -0.998. The summed E-state index contributed by atoms with van der Waals surface area (Å²) in [4.78, 5) is 11.5. The number of aryl methyl sites for hydroxylation is 3. The number of hydrogen-bond donors (Lipinski definition) is 2. The molecule has 0 aliphatic rings. The van der Waals surface area contributed by atoms with Crippen molar-refractivity contribution in [3.8, 4) is 0 Å². The first-order valence-electron chi connectivity index (χ1n) is 6.70. The van der Waals surface area contributed by atoms with Crippen molar-refractivity contribution in [2.24, 2.45) is 0 Å². The normalized spacial score (nSPS) is 12.0. The van der Waals surface area contributed by atoms with Gasteiger partial charge in [-0.1, -0.05) is 29.3 Å². The van der Waals surface area contributed by atoms with Gasteiger partial charge < -0.3 is 10.4 Å². The fraction of sp³-hybridized carbons (Fsp3) is 0.235. The Kier molecular flexibility index (Phi) is 4.26. The Morgan fingerprint density at radius 2 is 1.57 bits per heavy atom. The zero-order valence-electron chi connectivity index (χ0n) is 12.3. The molecule has 0 radical (unpaired) electrons. The average Bonchev–Trinajstić information content (AvgIpc) is 2.33. The van der Waals surface area contributed by atoms with E-state index in [0.717, 1.165) is 16.7 Å². The lowest BCUT2D eigenvalue weighted by atomic mass is 10.0. The van der Waals surface area contributed by atoms with Crippen molar-refractivity contribution < 1.29 is 14.3 Å². The number of carbonyl (C=O) groups is 1. The molecule has 1 atom stereocenters. The van der Waals surface area contributed by atoms with Crippen molar-refractivity contribution in [2.75, 3.05) is 5.32 Å². The first-order chi connectivity index (χ1) is 9.85. The number of aliphatic carboxylic acids is 1. The Hall–Kier alpha value is -2.36. The van der Waals surface area contributed by atoms with Crippen LogP contribution in [0.1, 0.15) is 28.3 Å².